The SMILES string of the molecule is CC(=O)OCCCCCC(=O)COC(C)C(=O)OCc1ccccc1. The number of Topliss-reactive ketones (excluding diaryl/α,β-unsaturated/α-hetero) is 1. The molecule has 0 heterocycles. The van der Waals surface area contributed by atoms with Gasteiger partial charge in [-0.25, -0.2) is 4.79 Å². The van der Waals surface area contributed by atoms with Gasteiger partial charge in [0.05, 0.1) is 6.61 Å². The molecule has 0 radical (unpaired) electrons. The highest BCUT2D eigenvalue weighted by Crippen LogP contribution is 2.05. The van der Waals surface area contributed by atoms with E-state index in [1.807, 2.05) is 30.3 Å². The molecule has 6 nitrogen and oxygen atoms in total. The van der Waals surface area contributed by atoms with Gasteiger partial charge in [-0.05, 0) is 31.7 Å². The number of rotatable bonds is 12. The minimum absolute atomic E-state index is 0.0600. The lowest BCUT2D eigenvalue weighted by Gasteiger charge is -2.12. The average molecular weight is 350 g/mol. The topological polar surface area (TPSA) is 78.9 Å². The number of hydrogen-bond donors (Lipinski definition) is 0. The quantitative estimate of drug-likeness (QED) is 0.426. The molecule has 0 aromatic heterocycles. The van der Waals surface area contributed by atoms with E-state index in [2.05, 4.69) is 0 Å². The highest BCUT2D eigenvalue weighted by atomic mass is 16.6. The summed E-state index contributed by atoms with van der Waals surface area (Å²) >= 11 is 0. The molecule has 0 spiro atoms. The molecule has 0 aliphatic carbocycles. The molecule has 1 rings (SSSR count). The normalized spacial score (nSPS) is 11.6. The van der Waals surface area contributed by atoms with E-state index in [1.165, 1.54) is 6.92 Å². The van der Waals surface area contributed by atoms with E-state index in [9.17, 15) is 14.4 Å². The summed E-state index contributed by atoms with van der Waals surface area (Å²) in [5.74, 6) is -0.842. The van der Waals surface area contributed by atoms with Crippen molar-refractivity contribution in [3.8, 4) is 0 Å². The zero-order valence-electron chi connectivity index (χ0n) is 14.9. The fourth-order valence-electron chi connectivity index (χ4n) is 2.02. The molecule has 0 saturated heterocycles. The van der Waals surface area contributed by atoms with Crippen LogP contribution in [0, 0.1) is 0 Å². The first-order valence-corrected chi connectivity index (χ1v) is 8.46. The maximum absolute atomic E-state index is 11.8. The smallest absolute Gasteiger partial charge is 0.335 e. The number of carbonyl (C=O) groups is 3. The Bertz CT molecular complexity index is 540. The van der Waals surface area contributed by atoms with Gasteiger partial charge in [0.2, 0.25) is 0 Å². The van der Waals surface area contributed by atoms with Crippen molar-refractivity contribution in [3.63, 3.8) is 0 Å². The summed E-state index contributed by atoms with van der Waals surface area (Å²) in [6.45, 7) is 3.39. The van der Waals surface area contributed by atoms with E-state index in [0.29, 0.717) is 19.4 Å². The third-order valence-electron chi connectivity index (χ3n) is 3.46. The molecule has 0 aliphatic rings. The van der Waals surface area contributed by atoms with Crippen LogP contribution in [0.5, 0.6) is 0 Å². The molecule has 1 atom stereocenters. The first-order valence-electron chi connectivity index (χ1n) is 8.46. The maximum Gasteiger partial charge on any atom is 0.335 e. The van der Waals surface area contributed by atoms with Gasteiger partial charge in [0.1, 0.15) is 13.2 Å². The molecule has 0 saturated carbocycles. The Morgan fingerprint density at radius 1 is 1.00 bits per heavy atom. The highest BCUT2D eigenvalue weighted by Gasteiger charge is 2.16. The summed E-state index contributed by atoms with van der Waals surface area (Å²) in [6.07, 6.45) is 1.84. The van der Waals surface area contributed by atoms with Crippen molar-refractivity contribution in [2.24, 2.45) is 0 Å². The molecule has 1 unspecified atom stereocenters. The number of esters is 2. The van der Waals surface area contributed by atoms with E-state index in [1.54, 1.807) is 6.92 Å². The summed E-state index contributed by atoms with van der Waals surface area (Å²) < 4.78 is 15.2. The van der Waals surface area contributed by atoms with E-state index in [4.69, 9.17) is 14.2 Å². The van der Waals surface area contributed by atoms with E-state index >= 15 is 0 Å². The molecule has 138 valence electrons. The summed E-state index contributed by atoms with van der Waals surface area (Å²) in [7, 11) is 0. The van der Waals surface area contributed by atoms with Gasteiger partial charge >= 0.3 is 11.9 Å². The van der Waals surface area contributed by atoms with Crippen molar-refractivity contribution in [2.45, 2.75) is 52.2 Å². The second kappa shape index (κ2) is 12.2. The second-order valence-electron chi connectivity index (χ2n) is 5.74. The Labute approximate surface area is 148 Å². The van der Waals surface area contributed by atoms with Crippen LogP contribution < -0.4 is 0 Å². The molecule has 0 amide bonds. The molecule has 0 bridgehead atoms. The van der Waals surface area contributed by atoms with Gasteiger partial charge in [0, 0.05) is 13.3 Å². The van der Waals surface area contributed by atoms with Gasteiger partial charge in [-0.15, -0.1) is 0 Å². The molecule has 0 N–H and O–H groups in total. The molecular formula is C19H26O6. The Morgan fingerprint density at radius 3 is 2.40 bits per heavy atom. The number of carbonyl (C=O) groups excluding carboxylic acids is 3. The molecule has 0 fully saturated rings. The Morgan fingerprint density at radius 2 is 1.72 bits per heavy atom. The monoisotopic (exact) mass is 350 g/mol. The first kappa shape index (κ1) is 20.8. The molecule has 1 aromatic carbocycles. The number of unbranched alkanes of at least 4 members (excludes halogenated alkanes) is 2. The van der Waals surface area contributed by atoms with E-state index in [0.717, 1.165) is 18.4 Å². The van der Waals surface area contributed by atoms with Gasteiger partial charge < -0.3 is 14.2 Å². The van der Waals surface area contributed by atoms with Crippen LogP contribution in [0.4, 0.5) is 0 Å². The average Bonchev–Trinajstić information content (AvgIpc) is 2.61. The zero-order valence-corrected chi connectivity index (χ0v) is 14.9. The standard InChI is InChI=1S/C19H26O6/c1-15(19(22)25-13-17-9-5-3-6-10-17)24-14-18(21)11-7-4-8-12-23-16(2)20/h3,5-6,9-10,15H,4,7-8,11-14H2,1-2H3. The van der Waals surface area contributed by atoms with Crippen LogP contribution in [0.15, 0.2) is 30.3 Å². The van der Waals surface area contributed by atoms with Gasteiger partial charge in [-0.2, -0.15) is 0 Å². The van der Waals surface area contributed by atoms with E-state index in [-0.39, 0.29) is 25.0 Å². The molecular weight excluding hydrogens is 324 g/mol. The molecule has 6 heteroatoms. The van der Waals surface area contributed by atoms with Crippen molar-refractivity contribution in [1.82, 2.24) is 0 Å². The van der Waals surface area contributed by atoms with Crippen LogP contribution in [-0.4, -0.2) is 37.0 Å². The Kier molecular flexibility index (Phi) is 10.2. The lowest BCUT2D eigenvalue weighted by atomic mass is 10.1. The largest absolute Gasteiger partial charge is 0.466 e. The number of benzene rings is 1. The van der Waals surface area contributed by atoms with Crippen molar-refractivity contribution >= 4 is 17.7 Å². The highest BCUT2D eigenvalue weighted by molar-refractivity contribution is 5.80. The number of hydrogen-bond acceptors (Lipinski definition) is 6. The predicted molar refractivity (Wildman–Crippen MR) is 91.8 cm³/mol. The van der Waals surface area contributed by atoms with Gasteiger partial charge in [0.15, 0.2) is 11.9 Å². The van der Waals surface area contributed by atoms with Gasteiger partial charge in [0.25, 0.3) is 0 Å². The van der Waals surface area contributed by atoms with E-state index < -0.39 is 12.1 Å². The van der Waals surface area contributed by atoms with Crippen molar-refractivity contribution in [1.29, 1.82) is 0 Å². The fourth-order valence-corrected chi connectivity index (χ4v) is 2.02. The van der Waals surface area contributed by atoms with Crippen LogP contribution in [-0.2, 0) is 35.2 Å². The zero-order chi connectivity index (χ0) is 18.5. The lowest BCUT2D eigenvalue weighted by Crippen LogP contribution is -2.26. The summed E-state index contributed by atoms with van der Waals surface area (Å²) in [5.41, 5.74) is 0.896. The van der Waals surface area contributed by atoms with Crippen molar-refractivity contribution in [3.05, 3.63) is 35.9 Å². The van der Waals surface area contributed by atoms with Crippen LogP contribution in [0.3, 0.4) is 0 Å². The number of ketones is 1. The molecule has 0 aliphatic heterocycles. The molecule has 1 aromatic rings. The van der Waals surface area contributed by atoms with Crippen LogP contribution >= 0.6 is 0 Å². The van der Waals surface area contributed by atoms with Crippen LogP contribution in [0.25, 0.3) is 0 Å². The van der Waals surface area contributed by atoms with Gasteiger partial charge in [-0.1, -0.05) is 30.3 Å². The molecule has 25 heavy (non-hydrogen) atoms. The second-order valence-corrected chi connectivity index (χ2v) is 5.74. The van der Waals surface area contributed by atoms with Crippen molar-refractivity contribution in [2.75, 3.05) is 13.2 Å². The van der Waals surface area contributed by atoms with Crippen LogP contribution in [0.2, 0.25) is 0 Å². The minimum Gasteiger partial charge on any atom is -0.466 e. The lowest BCUT2D eigenvalue weighted by molar-refractivity contribution is -0.158. The first-order chi connectivity index (χ1) is 12.0. The van der Waals surface area contributed by atoms with Crippen LogP contribution in [0.1, 0.15) is 45.1 Å². The third kappa shape index (κ3) is 10.3. The number of ether oxygens (including phenoxy) is 3. The summed E-state index contributed by atoms with van der Waals surface area (Å²) in [4.78, 5) is 34.1. The summed E-state index contributed by atoms with van der Waals surface area (Å²) in [5, 5.41) is 0. The Hall–Kier alpha value is -2.21. The fraction of sp³-hybridized carbons (Fsp3) is 0.526. The van der Waals surface area contributed by atoms with Crippen molar-refractivity contribution < 1.29 is 28.6 Å². The summed E-state index contributed by atoms with van der Waals surface area (Å²) in [6, 6.07) is 9.36. The third-order valence-corrected chi connectivity index (χ3v) is 3.46. The van der Waals surface area contributed by atoms with Gasteiger partial charge in [-0.3, -0.25) is 9.59 Å². The minimum atomic E-state index is -0.781. The maximum atomic E-state index is 11.8. The predicted octanol–water partition coefficient (Wildman–Crippen LogP) is 2.83. The Balaban J connectivity index is 2.09.